The maximum Gasteiger partial charge on any atom is 0.434 e. The number of anilines is 1. The van der Waals surface area contributed by atoms with Crippen LogP contribution in [0.1, 0.15) is 54.6 Å². The van der Waals surface area contributed by atoms with Gasteiger partial charge in [0.25, 0.3) is 0 Å². The van der Waals surface area contributed by atoms with Crippen LogP contribution >= 0.6 is 0 Å². The molecule has 4 rings (SSSR count). The number of hydrogen-bond acceptors (Lipinski definition) is 7. The van der Waals surface area contributed by atoms with Gasteiger partial charge in [-0.3, -0.25) is 4.98 Å². The van der Waals surface area contributed by atoms with Crippen molar-refractivity contribution in [3.63, 3.8) is 0 Å². The predicted molar refractivity (Wildman–Crippen MR) is 136 cm³/mol. The molecular formula is C28H32F3N3O4. The average Bonchev–Trinajstić information content (AvgIpc) is 3.22. The largest absolute Gasteiger partial charge is 0.485 e. The highest BCUT2D eigenvalue weighted by molar-refractivity contribution is 5.46. The summed E-state index contributed by atoms with van der Waals surface area (Å²) in [5, 5.41) is 33.3. The molecule has 0 saturated carbocycles. The van der Waals surface area contributed by atoms with Gasteiger partial charge in [0.2, 0.25) is 0 Å². The van der Waals surface area contributed by atoms with E-state index in [4.69, 9.17) is 4.74 Å². The average molecular weight is 532 g/mol. The van der Waals surface area contributed by atoms with Crippen molar-refractivity contribution in [1.29, 1.82) is 0 Å². The Morgan fingerprint density at radius 1 is 1.05 bits per heavy atom. The van der Waals surface area contributed by atoms with E-state index in [1.165, 1.54) is 5.56 Å². The van der Waals surface area contributed by atoms with Crippen LogP contribution in [0.2, 0.25) is 0 Å². The molecule has 3 aromatic rings. The van der Waals surface area contributed by atoms with E-state index in [2.05, 4.69) is 53.4 Å². The summed E-state index contributed by atoms with van der Waals surface area (Å²) in [5.74, 6) is 0.765. The minimum Gasteiger partial charge on any atom is -0.485 e. The molecule has 0 saturated heterocycles. The fourth-order valence-corrected chi connectivity index (χ4v) is 4.74. The summed E-state index contributed by atoms with van der Waals surface area (Å²) in [7, 11) is 0. The van der Waals surface area contributed by atoms with E-state index in [-0.39, 0.29) is 5.82 Å². The molecule has 7 nitrogen and oxygen atoms in total. The number of aromatic nitrogens is 2. The van der Waals surface area contributed by atoms with Crippen LogP contribution < -0.4 is 10.1 Å². The Bertz CT molecular complexity index is 1250. The number of rotatable bonds is 9. The van der Waals surface area contributed by atoms with Crippen LogP contribution in [0.5, 0.6) is 5.75 Å². The van der Waals surface area contributed by atoms with Gasteiger partial charge in [0.1, 0.15) is 29.4 Å². The molecule has 4 atom stereocenters. The van der Waals surface area contributed by atoms with Crippen LogP contribution in [0.3, 0.4) is 0 Å². The Kier molecular flexibility index (Phi) is 7.96. The Morgan fingerprint density at radius 2 is 1.74 bits per heavy atom. The lowest BCUT2D eigenvalue weighted by atomic mass is 9.85. The number of aliphatic hydroxyl groups excluding tert-OH is 3. The first-order valence-corrected chi connectivity index (χ1v) is 12.4. The molecule has 4 N–H and O–H groups in total. The summed E-state index contributed by atoms with van der Waals surface area (Å²) >= 11 is 0. The van der Waals surface area contributed by atoms with Crippen LogP contribution in [-0.2, 0) is 19.0 Å². The van der Waals surface area contributed by atoms with E-state index >= 15 is 0 Å². The molecule has 1 aliphatic rings. The van der Waals surface area contributed by atoms with E-state index in [0.717, 1.165) is 22.9 Å². The molecule has 2 aromatic carbocycles. The first-order valence-electron chi connectivity index (χ1n) is 12.4. The summed E-state index contributed by atoms with van der Waals surface area (Å²) in [6, 6.07) is 13.1. The Labute approximate surface area is 219 Å². The molecule has 0 fully saturated rings. The maximum absolute atomic E-state index is 13.2. The highest BCUT2D eigenvalue weighted by Crippen LogP contribution is 2.40. The lowest BCUT2D eigenvalue weighted by Crippen LogP contribution is -2.58. The molecule has 204 valence electrons. The quantitative estimate of drug-likeness (QED) is 0.329. The van der Waals surface area contributed by atoms with E-state index in [0.29, 0.717) is 30.7 Å². The van der Waals surface area contributed by atoms with Crippen LogP contribution in [0, 0.1) is 0 Å². The third-order valence-electron chi connectivity index (χ3n) is 6.87. The minimum absolute atomic E-state index is 0.250. The fraction of sp³-hybridized carbons (Fsp3) is 0.429. The molecule has 1 aliphatic heterocycles. The second-order valence-electron chi connectivity index (χ2n) is 10.3. The summed E-state index contributed by atoms with van der Waals surface area (Å²) in [6.07, 6.45) is -5.18. The number of nitrogens with zero attached hydrogens (tertiary/aromatic N) is 2. The number of fused-ring (bicyclic) bond motifs is 1. The first-order chi connectivity index (χ1) is 17.9. The molecule has 2 heterocycles. The zero-order chi connectivity index (χ0) is 27.7. The topological polar surface area (TPSA) is 108 Å². The third kappa shape index (κ3) is 6.09. The van der Waals surface area contributed by atoms with Gasteiger partial charge in [-0.2, -0.15) is 13.2 Å². The van der Waals surface area contributed by atoms with Crippen molar-refractivity contribution in [3.05, 3.63) is 82.8 Å². The van der Waals surface area contributed by atoms with Crippen molar-refractivity contribution in [2.75, 3.05) is 11.9 Å². The van der Waals surface area contributed by atoms with Gasteiger partial charge in [0, 0.05) is 6.42 Å². The highest BCUT2D eigenvalue weighted by Gasteiger charge is 2.47. The molecule has 38 heavy (non-hydrogen) atoms. The fourth-order valence-electron chi connectivity index (χ4n) is 4.74. The number of ether oxygens (including phenoxy) is 1. The predicted octanol–water partition coefficient (Wildman–Crippen LogP) is 4.10. The van der Waals surface area contributed by atoms with E-state index in [9.17, 15) is 28.5 Å². The monoisotopic (exact) mass is 531 g/mol. The van der Waals surface area contributed by atoms with Crippen molar-refractivity contribution in [2.45, 2.75) is 69.6 Å². The van der Waals surface area contributed by atoms with E-state index in [1.54, 1.807) is 6.92 Å². The number of hydrogen-bond donors (Lipinski definition) is 4. The number of halogens is 3. The summed E-state index contributed by atoms with van der Waals surface area (Å²) in [5.41, 5.74) is 1.94. The van der Waals surface area contributed by atoms with Gasteiger partial charge in [0.05, 0.1) is 25.0 Å². The van der Waals surface area contributed by atoms with Crippen LogP contribution in [0.25, 0.3) is 0 Å². The zero-order valence-electron chi connectivity index (χ0n) is 21.4. The smallest absolute Gasteiger partial charge is 0.434 e. The minimum atomic E-state index is -4.71. The number of nitrogens with one attached hydrogen (secondary N) is 1. The molecule has 1 aromatic heterocycles. The van der Waals surface area contributed by atoms with Gasteiger partial charge < -0.3 is 25.4 Å². The lowest BCUT2D eigenvalue weighted by molar-refractivity contribution is -0.141. The Hall–Kier alpha value is -3.21. The third-order valence-corrected chi connectivity index (χ3v) is 6.87. The standard InChI is InChI=1S/C28H32F3N3O4/c1-16(2)19-7-4-17(5-8-19)10-18-6-9-22-20(11-18)12-27(3,38-22)26(25(37)21(36)15-35)34-24-14-32-13-23(33-24)28(29,30)31/h4-9,11,13-14,16,21,25-26,35-37H,10,12,15H2,1-3H3,(H,33,34)/t21-,25-,26+,27?/m0/s1. The second kappa shape index (κ2) is 10.9. The molecule has 0 amide bonds. The van der Waals surface area contributed by atoms with Gasteiger partial charge in [0.15, 0.2) is 5.69 Å². The SMILES string of the molecule is CC(C)c1ccc(Cc2ccc3c(c2)CC(C)([C@H](Nc2cncc(C(F)(F)F)n2)[C@@H](O)[C@@H](O)CO)O3)cc1. The second-order valence-corrected chi connectivity index (χ2v) is 10.3. The molecule has 0 radical (unpaired) electrons. The maximum atomic E-state index is 13.2. The van der Waals surface area contributed by atoms with Gasteiger partial charge in [-0.1, -0.05) is 50.2 Å². The van der Waals surface area contributed by atoms with E-state index < -0.39 is 42.3 Å². The lowest BCUT2D eigenvalue weighted by Gasteiger charge is -2.38. The number of aliphatic hydroxyl groups is 3. The molecule has 0 aliphatic carbocycles. The molecular weight excluding hydrogens is 499 g/mol. The molecule has 10 heteroatoms. The normalized spacial score (nSPS) is 19.5. The first kappa shape index (κ1) is 27.8. The van der Waals surface area contributed by atoms with Gasteiger partial charge in [-0.05, 0) is 47.6 Å². The van der Waals surface area contributed by atoms with Crippen molar-refractivity contribution in [3.8, 4) is 5.75 Å². The molecule has 0 spiro atoms. The zero-order valence-corrected chi connectivity index (χ0v) is 21.4. The number of benzene rings is 2. The summed E-state index contributed by atoms with van der Waals surface area (Å²) in [6.45, 7) is 5.22. The van der Waals surface area contributed by atoms with Crippen LogP contribution in [-0.4, -0.2) is 55.7 Å². The van der Waals surface area contributed by atoms with Crippen molar-refractivity contribution in [2.24, 2.45) is 0 Å². The molecule has 1 unspecified atom stereocenters. The van der Waals surface area contributed by atoms with Gasteiger partial charge in [-0.25, -0.2) is 4.98 Å². The van der Waals surface area contributed by atoms with Crippen molar-refractivity contribution >= 4 is 5.82 Å². The summed E-state index contributed by atoms with van der Waals surface area (Å²) in [4.78, 5) is 7.18. The highest BCUT2D eigenvalue weighted by atomic mass is 19.4. The van der Waals surface area contributed by atoms with Crippen molar-refractivity contribution in [1.82, 2.24) is 9.97 Å². The number of alkyl halides is 3. The Balaban J connectivity index is 1.58. The van der Waals surface area contributed by atoms with Gasteiger partial charge in [-0.15, -0.1) is 0 Å². The van der Waals surface area contributed by atoms with Crippen LogP contribution in [0.15, 0.2) is 54.9 Å². The van der Waals surface area contributed by atoms with E-state index in [1.807, 2.05) is 18.2 Å². The summed E-state index contributed by atoms with van der Waals surface area (Å²) < 4.78 is 45.7. The van der Waals surface area contributed by atoms with Crippen LogP contribution in [0.4, 0.5) is 19.0 Å². The van der Waals surface area contributed by atoms with Gasteiger partial charge >= 0.3 is 6.18 Å². The van der Waals surface area contributed by atoms with Crippen molar-refractivity contribution < 1.29 is 33.2 Å². The molecule has 0 bridgehead atoms. The Morgan fingerprint density at radius 3 is 2.37 bits per heavy atom.